The highest BCUT2D eigenvalue weighted by atomic mass is 32.2. The molecule has 0 aliphatic heterocycles. The Bertz CT molecular complexity index is 1540. The topological polar surface area (TPSA) is 210 Å². The van der Waals surface area contributed by atoms with Gasteiger partial charge in [0.2, 0.25) is 29.5 Å². The molecule has 3 atom stereocenters. The number of carbonyl (C=O) groups excluding carboxylic acids is 7. The Morgan fingerprint density at radius 1 is 0.714 bits per heavy atom. The molecule has 3 unspecified atom stereocenters. The lowest BCUT2D eigenvalue weighted by Crippen LogP contribution is -2.54. The zero-order valence-corrected chi connectivity index (χ0v) is 33.7. The van der Waals surface area contributed by atoms with Crippen molar-refractivity contribution in [3.63, 3.8) is 0 Å². The van der Waals surface area contributed by atoms with Crippen LogP contribution in [0, 0.1) is 0 Å². The molecule has 2 aromatic rings. The number of rotatable bonds is 27. The van der Waals surface area contributed by atoms with E-state index in [0.717, 1.165) is 31.2 Å². The van der Waals surface area contributed by atoms with Gasteiger partial charge in [0.1, 0.15) is 23.9 Å². The second kappa shape index (κ2) is 27.6. The minimum absolute atomic E-state index is 0.0888. The summed E-state index contributed by atoms with van der Waals surface area (Å²) in [7, 11) is 1.80. The Labute approximate surface area is 333 Å². The molecular formula is C40H58N6O9S. The Morgan fingerprint density at radius 3 is 2.02 bits per heavy atom. The summed E-state index contributed by atoms with van der Waals surface area (Å²) < 4.78 is 10.8. The highest BCUT2D eigenvalue weighted by Crippen LogP contribution is 2.15. The third-order valence-corrected chi connectivity index (χ3v) is 9.00. The average Bonchev–Trinajstić information content (AvgIpc) is 3.18. The lowest BCUT2D eigenvalue weighted by Gasteiger charge is -2.23. The van der Waals surface area contributed by atoms with Crippen LogP contribution in [-0.4, -0.2) is 105 Å². The molecule has 0 saturated heterocycles. The van der Waals surface area contributed by atoms with Gasteiger partial charge in [-0.1, -0.05) is 68.7 Å². The van der Waals surface area contributed by atoms with Gasteiger partial charge in [0.15, 0.2) is 0 Å². The first-order valence-corrected chi connectivity index (χ1v) is 20.4. The van der Waals surface area contributed by atoms with E-state index in [4.69, 9.17) is 9.47 Å². The van der Waals surface area contributed by atoms with Crippen LogP contribution < -0.4 is 36.6 Å². The molecule has 5 amide bonds. The van der Waals surface area contributed by atoms with Crippen molar-refractivity contribution in [3.05, 3.63) is 65.7 Å². The van der Waals surface area contributed by atoms with Gasteiger partial charge in [0.05, 0.1) is 19.7 Å². The number of ether oxygens (including phenoxy) is 2. The van der Waals surface area contributed by atoms with Crippen LogP contribution in [0.3, 0.4) is 0 Å². The molecule has 6 N–H and O–H groups in total. The first-order chi connectivity index (χ1) is 26.9. The smallest absolute Gasteiger partial charge is 0.328 e. The second-order valence-corrected chi connectivity index (χ2v) is 14.1. The molecule has 0 saturated carbocycles. The van der Waals surface area contributed by atoms with E-state index in [1.165, 1.54) is 18.7 Å². The van der Waals surface area contributed by atoms with Crippen molar-refractivity contribution in [1.82, 2.24) is 31.9 Å². The summed E-state index contributed by atoms with van der Waals surface area (Å²) >= 11 is 1.53. The molecule has 0 aliphatic rings. The molecule has 0 heterocycles. The molecule has 2 aromatic carbocycles. The van der Waals surface area contributed by atoms with E-state index in [1.54, 1.807) is 55.6 Å². The normalized spacial score (nSPS) is 12.3. The molecule has 16 heteroatoms. The molecular weight excluding hydrogens is 741 g/mol. The van der Waals surface area contributed by atoms with Gasteiger partial charge in [-0.25, -0.2) is 4.79 Å². The van der Waals surface area contributed by atoms with Gasteiger partial charge >= 0.3 is 11.9 Å². The average molecular weight is 799 g/mol. The van der Waals surface area contributed by atoms with E-state index in [0.29, 0.717) is 36.5 Å². The van der Waals surface area contributed by atoms with E-state index >= 15 is 0 Å². The van der Waals surface area contributed by atoms with E-state index in [1.807, 2.05) is 12.3 Å². The molecule has 308 valence electrons. The van der Waals surface area contributed by atoms with Crippen LogP contribution in [0.25, 0.3) is 0 Å². The predicted octanol–water partition coefficient (Wildman–Crippen LogP) is 1.96. The summed E-state index contributed by atoms with van der Waals surface area (Å²) in [6.07, 6.45) is 7.10. The van der Waals surface area contributed by atoms with Crippen molar-refractivity contribution in [2.75, 3.05) is 45.3 Å². The van der Waals surface area contributed by atoms with Crippen molar-refractivity contribution in [3.8, 4) is 5.75 Å². The van der Waals surface area contributed by atoms with Crippen LogP contribution in [0.2, 0.25) is 0 Å². The van der Waals surface area contributed by atoms with Gasteiger partial charge in [0.25, 0.3) is 0 Å². The lowest BCUT2D eigenvalue weighted by molar-refractivity contribution is -0.148. The number of thioether (sulfide) groups is 1. The minimum atomic E-state index is -1.07. The monoisotopic (exact) mass is 798 g/mol. The van der Waals surface area contributed by atoms with Crippen LogP contribution in [0.5, 0.6) is 5.75 Å². The summed E-state index contributed by atoms with van der Waals surface area (Å²) in [5, 5.41) is 15.9. The Kier molecular flexibility index (Phi) is 23.3. The van der Waals surface area contributed by atoms with Crippen LogP contribution in [-0.2, 0) is 51.1 Å². The van der Waals surface area contributed by atoms with E-state index in [9.17, 15) is 33.6 Å². The number of esters is 2. The fourth-order valence-electron chi connectivity index (χ4n) is 5.37. The zero-order chi connectivity index (χ0) is 41.1. The second-order valence-electron chi connectivity index (χ2n) is 13.2. The molecule has 0 aliphatic carbocycles. The first kappa shape index (κ1) is 47.2. The fourth-order valence-corrected chi connectivity index (χ4v) is 5.84. The lowest BCUT2D eigenvalue weighted by atomic mass is 10.0. The van der Waals surface area contributed by atoms with Crippen LogP contribution in [0.1, 0.15) is 69.9 Å². The van der Waals surface area contributed by atoms with Crippen LogP contribution in [0.4, 0.5) is 0 Å². The SMILES string of the molecule is CCCCCCOC(=O)C(CCSC)NC(=O)C(Cc1ccccc1)NC(=O)CNC(=O)CNC(=O)C(Cc1ccc(OC(=O)CCCNC)cc1)NC(C)=O. The fraction of sp³-hybridized carbons (Fsp3) is 0.525. The molecule has 0 spiro atoms. The maximum Gasteiger partial charge on any atom is 0.328 e. The van der Waals surface area contributed by atoms with Crippen molar-refractivity contribution >= 4 is 53.2 Å². The number of hydrogen-bond acceptors (Lipinski definition) is 11. The molecule has 0 aromatic heterocycles. The molecule has 0 bridgehead atoms. The summed E-state index contributed by atoms with van der Waals surface area (Å²) in [6.45, 7) is 3.31. The Balaban J connectivity index is 1.96. The van der Waals surface area contributed by atoms with Crippen molar-refractivity contribution in [2.45, 2.75) is 89.8 Å². The maximum atomic E-state index is 13.5. The quantitative estimate of drug-likeness (QED) is 0.0437. The molecule has 56 heavy (non-hydrogen) atoms. The molecule has 0 radical (unpaired) electrons. The van der Waals surface area contributed by atoms with Gasteiger partial charge in [-0.15, -0.1) is 0 Å². The molecule has 0 fully saturated rings. The Hall–Kier alpha value is -4.96. The first-order valence-electron chi connectivity index (χ1n) is 19.0. The van der Waals surface area contributed by atoms with Gasteiger partial charge in [0, 0.05) is 26.2 Å². The minimum Gasteiger partial charge on any atom is -0.464 e. The third kappa shape index (κ3) is 20.1. The predicted molar refractivity (Wildman–Crippen MR) is 215 cm³/mol. The number of benzene rings is 2. The van der Waals surface area contributed by atoms with E-state index < -0.39 is 66.7 Å². The van der Waals surface area contributed by atoms with Crippen LogP contribution >= 0.6 is 11.8 Å². The number of carbonyl (C=O) groups is 7. The third-order valence-electron chi connectivity index (χ3n) is 8.35. The van der Waals surface area contributed by atoms with Gasteiger partial charge in [-0.3, -0.25) is 28.8 Å². The number of hydrogen-bond donors (Lipinski definition) is 6. The van der Waals surface area contributed by atoms with Gasteiger partial charge < -0.3 is 41.4 Å². The number of unbranched alkanes of at least 4 members (excludes halogenated alkanes) is 3. The summed E-state index contributed by atoms with van der Waals surface area (Å²) in [4.78, 5) is 89.1. The standard InChI is InChI=1S/C40H58N6O9S/c1-5-6-7-11-22-54-40(53)32(20-23-56-4)46-39(52)34(24-29-13-9-8-10-14-29)45-36(49)27-42-35(48)26-43-38(51)33(44-28(2)47)25-30-16-18-31(19-17-30)55-37(50)15-12-21-41-3/h8-10,13-14,16-19,32-34,41H,5-7,11-12,15,20-27H2,1-4H3,(H,42,48)(H,43,51)(H,44,47)(H,45,49)(H,46,52). The van der Waals surface area contributed by atoms with Gasteiger partial charge in [-0.05, 0) is 68.1 Å². The highest BCUT2D eigenvalue weighted by Gasteiger charge is 2.28. The maximum absolute atomic E-state index is 13.5. The van der Waals surface area contributed by atoms with E-state index in [2.05, 4.69) is 38.8 Å². The largest absolute Gasteiger partial charge is 0.464 e. The van der Waals surface area contributed by atoms with E-state index in [-0.39, 0.29) is 31.8 Å². The van der Waals surface area contributed by atoms with Crippen LogP contribution in [0.15, 0.2) is 54.6 Å². The highest BCUT2D eigenvalue weighted by molar-refractivity contribution is 7.98. The molecule has 2 rings (SSSR count). The summed E-state index contributed by atoms with van der Waals surface area (Å²) in [6, 6.07) is 12.6. The van der Waals surface area contributed by atoms with Gasteiger partial charge in [-0.2, -0.15) is 11.8 Å². The number of nitrogens with one attached hydrogen (secondary N) is 6. The zero-order valence-electron chi connectivity index (χ0n) is 32.9. The summed E-state index contributed by atoms with van der Waals surface area (Å²) in [5.74, 6) is -2.96. The van der Waals surface area contributed by atoms with Crippen molar-refractivity contribution in [2.24, 2.45) is 0 Å². The van der Waals surface area contributed by atoms with Crippen molar-refractivity contribution < 1.29 is 43.0 Å². The summed E-state index contributed by atoms with van der Waals surface area (Å²) in [5.41, 5.74) is 1.43. The number of amides is 5. The molecule has 15 nitrogen and oxygen atoms in total. The van der Waals surface area contributed by atoms with Crippen molar-refractivity contribution in [1.29, 1.82) is 0 Å². The Morgan fingerprint density at radius 2 is 1.38 bits per heavy atom.